The summed E-state index contributed by atoms with van der Waals surface area (Å²) in [6.45, 7) is 5.51. The second kappa shape index (κ2) is 5.34. The molecule has 0 atom stereocenters. The molecule has 0 aliphatic carbocycles. The lowest BCUT2D eigenvalue weighted by atomic mass is 10.1. The highest BCUT2D eigenvalue weighted by Crippen LogP contribution is 2.14. The zero-order chi connectivity index (χ0) is 12.1. The Labute approximate surface area is 87.0 Å². The molecule has 0 unspecified atom stereocenters. The van der Waals surface area contributed by atoms with Crippen LogP contribution < -0.4 is 5.32 Å². The van der Waals surface area contributed by atoms with Gasteiger partial charge in [0.15, 0.2) is 0 Å². The number of rotatable bonds is 5. The van der Waals surface area contributed by atoms with E-state index >= 15 is 0 Å². The highest BCUT2D eigenvalue weighted by atomic mass is 19.4. The van der Waals surface area contributed by atoms with Crippen LogP contribution in [0.5, 0.6) is 0 Å². The van der Waals surface area contributed by atoms with Crippen molar-refractivity contribution in [1.82, 2.24) is 5.32 Å². The Balaban J connectivity index is 3.69. The number of carbonyl (C=O) groups is 1. The van der Waals surface area contributed by atoms with Crippen molar-refractivity contribution in [2.45, 2.75) is 39.0 Å². The first-order valence-corrected chi connectivity index (χ1v) is 4.68. The zero-order valence-corrected chi connectivity index (χ0v) is 9.07. The number of ether oxygens (including phenoxy) is 1. The average Bonchev–Trinajstić information content (AvgIpc) is 2.10. The summed E-state index contributed by atoms with van der Waals surface area (Å²) in [5, 5.41) is 1.73. The van der Waals surface area contributed by atoms with E-state index in [-0.39, 0.29) is 18.8 Å². The van der Waals surface area contributed by atoms with Gasteiger partial charge in [-0.05, 0) is 20.3 Å². The van der Waals surface area contributed by atoms with Crippen molar-refractivity contribution < 1.29 is 22.7 Å². The molecule has 0 saturated heterocycles. The van der Waals surface area contributed by atoms with E-state index in [0.29, 0.717) is 0 Å². The van der Waals surface area contributed by atoms with Crippen molar-refractivity contribution >= 4 is 5.91 Å². The lowest BCUT2D eigenvalue weighted by Crippen LogP contribution is -2.39. The van der Waals surface area contributed by atoms with E-state index in [2.05, 4.69) is 0 Å². The number of nitrogens with one attached hydrogen (secondary N) is 1. The van der Waals surface area contributed by atoms with Crippen LogP contribution >= 0.6 is 0 Å². The molecule has 6 heteroatoms. The predicted octanol–water partition coefficient (Wildman–Crippen LogP) is 1.87. The van der Waals surface area contributed by atoms with Crippen LogP contribution in [-0.2, 0) is 9.53 Å². The lowest BCUT2D eigenvalue weighted by Gasteiger charge is -2.23. The van der Waals surface area contributed by atoms with Crippen LogP contribution in [0.4, 0.5) is 13.2 Å². The minimum Gasteiger partial charge on any atom is -0.374 e. The number of alkyl halides is 3. The van der Waals surface area contributed by atoms with Crippen molar-refractivity contribution in [3.8, 4) is 0 Å². The highest BCUT2D eigenvalue weighted by Gasteiger charge is 2.38. The smallest absolute Gasteiger partial charge is 0.374 e. The molecule has 0 bridgehead atoms. The standard InChI is InChI=1S/C9H16F3NO2/c1-4-8(2,3)15-6-5-13-7(14)9(10,11)12/h4-6H2,1-3H3,(H,13,14). The fourth-order valence-electron chi connectivity index (χ4n) is 0.694. The summed E-state index contributed by atoms with van der Waals surface area (Å²) in [5.74, 6) is -1.93. The molecular weight excluding hydrogens is 211 g/mol. The molecule has 1 N–H and O–H groups in total. The molecule has 0 aromatic carbocycles. The van der Waals surface area contributed by atoms with Gasteiger partial charge in [0, 0.05) is 6.54 Å². The maximum absolute atomic E-state index is 11.7. The van der Waals surface area contributed by atoms with Crippen LogP contribution in [0.3, 0.4) is 0 Å². The van der Waals surface area contributed by atoms with E-state index in [4.69, 9.17) is 4.74 Å². The zero-order valence-electron chi connectivity index (χ0n) is 9.07. The summed E-state index contributed by atoms with van der Waals surface area (Å²) in [6.07, 6.45) is -4.07. The molecule has 3 nitrogen and oxygen atoms in total. The molecule has 0 aliphatic heterocycles. The lowest BCUT2D eigenvalue weighted by molar-refractivity contribution is -0.174. The molecule has 15 heavy (non-hydrogen) atoms. The Morgan fingerprint density at radius 3 is 2.27 bits per heavy atom. The molecule has 0 aromatic heterocycles. The quantitative estimate of drug-likeness (QED) is 0.728. The Bertz CT molecular complexity index is 214. The third kappa shape index (κ3) is 6.33. The summed E-state index contributed by atoms with van der Waals surface area (Å²) < 4.78 is 40.4. The second-order valence-corrected chi connectivity index (χ2v) is 3.72. The van der Waals surface area contributed by atoms with Crippen molar-refractivity contribution in [1.29, 1.82) is 0 Å². The molecule has 0 aliphatic rings. The summed E-state index contributed by atoms with van der Waals surface area (Å²) in [7, 11) is 0. The van der Waals surface area contributed by atoms with E-state index in [0.717, 1.165) is 6.42 Å². The van der Waals surface area contributed by atoms with Crippen LogP contribution in [0.15, 0.2) is 0 Å². The molecule has 90 valence electrons. The van der Waals surface area contributed by atoms with Crippen LogP contribution in [0.2, 0.25) is 0 Å². The van der Waals surface area contributed by atoms with Gasteiger partial charge in [-0.1, -0.05) is 6.92 Å². The summed E-state index contributed by atoms with van der Waals surface area (Å²) in [6, 6.07) is 0. The number of halogens is 3. The van der Waals surface area contributed by atoms with Crippen LogP contribution in [0.1, 0.15) is 27.2 Å². The Morgan fingerprint density at radius 2 is 1.87 bits per heavy atom. The topological polar surface area (TPSA) is 38.3 Å². The number of hydrogen-bond donors (Lipinski definition) is 1. The van der Waals surface area contributed by atoms with Gasteiger partial charge < -0.3 is 10.1 Å². The van der Waals surface area contributed by atoms with Crippen molar-refractivity contribution in [3.63, 3.8) is 0 Å². The SMILES string of the molecule is CCC(C)(C)OCCNC(=O)C(F)(F)F. The number of carbonyl (C=O) groups excluding carboxylic acids is 1. The number of hydrogen-bond acceptors (Lipinski definition) is 2. The molecule has 0 heterocycles. The van der Waals surface area contributed by atoms with E-state index in [1.165, 1.54) is 0 Å². The maximum Gasteiger partial charge on any atom is 0.471 e. The second-order valence-electron chi connectivity index (χ2n) is 3.72. The van der Waals surface area contributed by atoms with Crippen molar-refractivity contribution in [2.24, 2.45) is 0 Å². The largest absolute Gasteiger partial charge is 0.471 e. The van der Waals surface area contributed by atoms with Gasteiger partial charge in [-0.15, -0.1) is 0 Å². The predicted molar refractivity (Wildman–Crippen MR) is 49.4 cm³/mol. The van der Waals surface area contributed by atoms with Gasteiger partial charge in [-0.3, -0.25) is 4.79 Å². The molecule has 0 fully saturated rings. The Morgan fingerprint density at radius 1 is 1.33 bits per heavy atom. The minimum absolute atomic E-state index is 0.0721. The van der Waals surface area contributed by atoms with Gasteiger partial charge in [-0.2, -0.15) is 13.2 Å². The molecule has 0 spiro atoms. The van der Waals surface area contributed by atoms with Crippen LogP contribution in [-0.4, -0.2) is 30.8 Å². The Kier molecular flexibility index (Phi) is 5.07. The van der Waals surface area contributed by atoms with E-state index < -0.39 is 12.1 Å². The summed E-state index contributed by atoms with van der Waals surface area (Å²) in [5.41, 5.74) is -0.372. The van der Waals surface area contributed by atoms with E-state index in [9.17, 15) is 18.0 Å². The molecule has 0 saturated carbocycles. The van der Waals surface area contributed by atoms with Gasteiger partial charge in [-0.25, -0.2) is 0 Å². The van der Waals surface area contributed by atoms with Gasteiger partial charge in [0.25, 0.3) is 0 Å². The van der Waals surface area contributed by atoms with Gasteiger partial charge in [0.05, 0.1) is 12.2 Å². The Hall–Kier alpha value is -0.780. The normalized spacial score (nSPS) is 12.7. The maximum atomic E-state index is 11.7. The van der Waals surface area contributed by atoms with Crippen LogP contribution in [0.25, 0.3) is 0 Å². The molecule has 1 amide bonds. The minimum atomic E-state index is -4.82. The van der Waals surface area contributed by atoms with Gasteiger partial charge >= 0.3 is 12.1 Å². The highest BCUT2D eigenvalue weighted by molar-refractivity contribution is 5.81. The van der Waals surface area contributed by atoms with E-state index in [1.54, 1.807) is 5.32 Å². The third-order valence-electron chi connectivity index (χ3n) is 1.99. The van der Waals surface area contributed by atoms with Crippen molar-refractivity contribution in [3.05, 3.63) is 0 Å². The van der Waals surface area contributed by atoms with E-state index in [1.807, 2.05) is 20.8 Å². The first-order chi connectivity index (χ1) is 6.69. The molecular formula is C9H16F3NO2. The summed E-state index contributed by atoms with van der Waals surface area (Å²) >= 11 is 0. The fourth-order valence-corrected chi connectivity index (χ4v) is 0.694. The first-order valence-electron chi connectivity index (χ1n) is 4.68. The van der Waals surface area contributed by atoms with Gasteiger partial charge in [0.2, 0.25) is 0 Å². The molecule has 0 radical (unpaired) electrons. The first kappa shape index (κ1) is 14.2. The van der Waals surface area contributed by atoms with Gasteiger partial charge in [0.1, 0.15) is 0 Å². The number of amides is 1. The third-order valence-corrected chi connectivity index (χ3v) is 1.99. The summed E-state index contributed by atoms with van der Waals surface area (Å²) in [4.78, 5) is 10.4. The van der Waals surface area contributed by atoms with Crippen LogP contribution in [0, 0.1) is 0 Å². The molecule has 0 rings (SSSR count). The average molecular weight is 227 g/mol. The van der Waals surface area contributed by atoms with Crippen molar-refractivity contribution in [2.75, 3.05) is 13.2 Å². The fraction of sp³-hybridized carbons (Fsp3) is 0.889. The monoisotopic (exact) mass is 227 g/mol. The molecule has 0 aromatic rings.